The number of carboxylic acids is 1. The van der Waals surface area contributed by atoms with Crippen LogP contribution in [0.25, 0.3) is 0 Å². The number of likely N-dealkylation sites (tertiary alicyclic amines) is 1. The fourth-order valence-corrected chi connectivity index (χ4v) is 2.77. The van der Waals surface area contributed by atoms with Gasteiger partial charge in [0, 0.05) is 19.0 Å². The summed E-state index contributed by atoms with van der Waals surface area (Å²) < 4.78 is 5.55. The van der Waals surface area contributed by atoms with Crippen molar-refractivity contribution in [2.24, 2.45) is 5.92 Å². The maximum Gasteiger partial charge on any atom is 0.305 e. The Kier molecular flexibility index (Phi) is 8.35. The molecule has 1 rings (SSSR count). The van der Waals surface area contributed by atoms with E-state index in [0.29, 0.717) is 0 Å². The van der Waals surface area contributed by atoms with Crippen molar-refractivity contribution >= 4 is 11.9 Å². The fourth-order valence-electron chi connectivity index (χ4n) is 2.77. The van der Waals surface area contributed by atoms with E-state index < -0.39 is 5.97 Å². The van der Waals surface area contributed by atoms with E-state index in [2.05, 4.69) is 13.8 Å². The highest BCUT2D eigenvalue weighted by atomic mass is 16.5. The molecule has 0 bridgehead atoms. The SMILES string of the molecule is CCCCC(CC)C(=O)N1CCC(OCCC(=O)O)CC1. The van der Waals surface area contributed by atoms with Crippen molar-refractivity contribution in [2.75, 3.05) is 19.7 Å². The van der Waals surface area contributed by atoms with Gasteiger partial charge >= 0.3 is 5.97 Å². The quantitative estimate of drug-likeness (QED) is 0.711. The lowest BCUT2D eigenvalue weighted by atomic mass is 9.96. The maximum atomic E-state index is 12.5. The summed E-state index contributed by atoms with van der Waals surface area (Å²) in [6, 6.07) is 0. The van der Waals surface area contributed by atoms with Crippen LogP contribution in [0, 0.1) is 5.92 Å². The first-order chi connectivity index (χ1) is 10.1. The maximum absolute atomic E-state index is 12.5. The van der Waals surface area contributed by atoms with Crippen molar-refractivity contribution in [1.29, 1.82) is 0 Å². The Morgan fingerprint density at radius 1 is 1.29 bits per heavy atom. The van der Waals surface area contributed by atoms with Crippen molar-refractivity contribution in [3.05, 3.63) is 0 Å². The number of aliphatic carboxylic acids is 1. The molecule has 21 heavy (non-hydrogen) atoms. The van der Waals surface area contributed by atoms with E-state index in [1.54, 1.807) is 0 Å². The summed E-state index contributed by atoms with van der Waals surface area (Å²) in [5.41, 5.74) is 0. The van der Waals surface area contributed by atoms with Crippen LogP contribution in [-0.4, -0.2) is 47.7 Å². The normalized spacial score (nSPS) is 17.7. The zero-order valence-corrected chi connectivity index (χ0v) is 13.3. The zero-order chi connectivity index (χ0) is 15.7. The second-order valence-corrected chi connectivity index (χ2v) is 5.79. The number of hydrogen-bond acceptors (Lipinski definition) is 3. The standard InChI is InChI=1S/C16H29NO4/c1-3-5-6-13(4-2)16(20)17-10-7-14(8-11-17)21-12-9-15(18)19/h13-14H,3-12H2,1-2H3,(H,18,19). The first-order valence-corrected chi connectivity index (χ1v) is 8.20. The summed E-state index contributed by atoms with van der Waals surface area (Å²) in [6.07, 6.45) is 5.92. The second kappa shape index (κ2) is 9.77. The van der Waals surface area contributed by atoms with Crippen LogP contribution >= 0.6 is 0 Å². The van der Waals surface area contributed by atoms with Gasteiger partial charge in [-0.2, -0.15) is 0 Å². The third-order valence-electron chi connectivity index (χ3n) is 4.17. The van der Waals surface area contributed by atoms with Gasteiger partial charge in [-0.25, -0.2) is 0 Å². The van der Waals surface area contributed by atoms with Crippen LogP contribution in [0.1, 0.15) is 58.8 Å². The Morgan fingerprint density at radius 3 is 2.48 bits per heavy atom. The molecule has 1 aliphatic rings. The van der Waals surface area contributed by atoms with Crippen LogP contribution in [0.3, 0.4) is 0 Å². The number of nitrogens with zero attached hydrogens (tertiary/aromatic N) is 1. The van der Waals surface area contributed by atoms with Gasteiger partial charge in [0.25, 0.3) is 0 Å². The molecule has 0 radical (unpaired) electrons. The number of unbranched alkanes of at least 4 members (excludes halogenated alkanes) is 1. The van der Waals surface area contributed by atoms with Gasteiger partial charge in [0.15, 0.2) is 0 Å². The van der Waals surface area contributed by atoms with Crippen molar-refractivity contribution in [3.63, 3.8) is 0 Å². The number of carbonyl (C=O) groups is 2. The monoisotopic (exact) mass is 299 g/mol. The molecule has 1 N–H and O–H groups in total. The minimum absolute atomic E-state index is 0.0497. The van der Waals surface area contributed by atoms with Crippen LogP contribution < -0.4 is 0 Å². The molecule has 5 nitrogen and oxygen atoms in total. The Labute approximate surface area is 127 Å². The molecule has 0 aliphatic carbocycles. The number of hydrogen-bond donors (Lipinski definition) is 1. The predicted octanol–water partition coefficient (Wildman–Crippen LogP) is 2.69. The molecule has 1 unspecified atom stereocenters. The van der Waals surface area contributed by atoms with E-state index in [1.807, 2.05) is 4.90 Å². The smallest absolute Gasteiger partial charge is 0.305 e. The molecular weight excluding hydrogens is 270 g/mol. The number of carboxylic acid groups (broad SMARTS) is 1. The van der Waals surface area contributed by atoms with Crippen LogP contribution in [-0.2, 0) is 14.3 Å². The van der Waals surface area contributed by atoms with E-state index in [4.69, 9.17) is 9.84 Å². The average Bonchev–Trinajstić information content (AvgIpc) is 2.48. The number of rotatable bonds is 9. The van der Waals surface area contributed by atoms with E-state index in [9.17, 15) is 9.59 Å². The average molecular weight is 299 g/mol. The lowest BCUT2D eigenvalue weighted by Gasteiger charge is -2.34. The van der Waals surface area contributed by atoms with Crippen molar-refractivity contribution in [2.45, 2.75) is 64.9 Å². The van der Waals surface area contributed by atoms with Gasteiger partial charge in [0.1, 0.15) is 0 Å². The van der Waals surface area contributed by atoms with Gasteiger partial charge in [-0.05, 0) is 25.7 Å². The molecular formula is C16H29NO4. The molecule has 0 aromatic heterocycles. The molecule has 0 spiro atoms. The Hall–Kier alpha value is -1.10. The van der Waals surface area contributed by atoms with E-state index >= 15 is 0 Å². The van der Waals surface area contributed by atoms with Crippen LogP contribution in [0.2, 0.25) is 0 Å². The molecule has 1 heterocycles. The molecule has 1 fully saturated rings. The molecule has 1 amide bonds. The third-order valence-corrected chi connectivity index (χ3v) is 4.17. The largest absolute Gasteiger partial charge is 0.481 e. The minimum atomic E-state index is -0.829. The summed E-state index contributed by atoms with van der Waals surface area (Å²) in [5.74, 6) is -0.381. The van der Waals surface area contributed by atoms with Crippen LogP contribution in [0.4, 0.5) is 0 Å². The molecule has 1 saturated heterocycles. The van der Waals surface area contributed by atoms with Crippen molar-refractivity contribution in [3.8, 4) is 0 Å². The Balaban J connectivity index is 2.30. The van der Waals surface area contributed by atoms with E-state index in [0.717, 1.165) is 51.6 Å². The Bertz CT molecular complexity index is 324. The topological polar surface area (TPSA) is 66.8 Å². The predicted molar refractivity (Wildman–Crippen MR) is 81.1 cm³/mol. The molecule has 1 atom stereocenters. The van der Waals surface area contributed by atoms with Gasteiger partial charge in [-0.3, -0.25) is 9.59 Å². The van der Waals surface area contributed by atoms with Gasteiger partial charge in [-0.1, -0.05) is 26.7 Å². The van der Waals surface area contributed by atoms with E-state index in [1.165, 1.54) is 0 Å². The molecule has 0 aromatic rings. The third kappa shape index (κ3) is 6.46. The minimum Gasteiger partial charge on any atom is -0.481 e. The molecule has 122 valence electrons. The Morgan fingerprint density at radius 2 is 1.95 bits per heavy atom. The number of carbonyl (C=O) groups excluding carboxylic acids is 1. The first-order valence-electron chi connectivity index (χ1n) is 8.20. The summed E-state index contributed by atoms with van der Waals surface area (Å²) >= 11 is 0. The van der Waals surface area contributed by atoms with Crippen molar-refractivity contribution < 1.29 is 19.4 Å². The summed E-state index contributed by atoms with van der Waals surface area (Å²) in [6.45, 7) is 5.97. The van der Waals surface area contributed by atoms with E-state index in [-0.39, 0.29) is 31.0 Å². The molecule has 5 heteroatoms. The summed E-state index contributed by atoms with van der Waals surface area (Å²) in [5, 5.41) is 8.58. The number of ether oxygens (including phenoxy) is 1. The summed E-state index contributed by atoms with van der Waals surface area (Å²) in [4.78, 5) is 24.9. The highest BCUT2D eigenvalue weighted by Gasteiger charge is 2.27. The van der Waals surface area contributed by atoms with Gasteiger partial charge in [0.05, 0.1) is 19.1 Å². The fraction of sp³-hybridized carbons (Fsp3) is 0.875. The zero-order valence-electron chi connectivity index (χ0n) is 13.3. The molecule has 1 aliphatic heterocycles. The first kappa shape index (κ1) is 18.0. The van der Waals surface area contributed by atoms with Crippen LogP contribution in [0.5, 0.6) is 0 Å². The van der Waals surface area contributed by atoms with Gasteiger partial charge in [0.2, 0.25) is 5.91 Å². The van der Waals surface area contributed by atoms with Crippen molar-refractivity contribution in [1.82, 2.24) is 4.90 Å². The number of piperidine rings is 1. The molecule has 0 saturated carbocycles. The number of amides is 1. The van der Waals surface area contributed by atoms with Gasteiger partial charge < -0.3 is 14.7 Å². The summed E-state index contributed by atoms with van der Waals surface area (Å²) in [7, 11) is 0. The highest BCUT2D eigenvalue weighted by Crippen LogP contribution is 2.20. The van der Waals surface area contributed by atoms with Gasteiger partial charge in [-0.15, -0.1) is 0 Å². The highest BCUT2D eigenvalue weighted by molar-refractivity contribution is 5.78. The second-order valence-electron chi connectivity index (χ2n) is 5.79. The van der Waals surface area contributed by atoms with Crippen LogP contribution in [0.15, 0.2) is 0 Å². The lowest BCUT2D eigenvalue weighted by Crippen LogP contribution is -2.43. The molecule has 0 aromatic carbocycles. The lowest BCUT2D eigenvalue weighted by molar-refractivity contribution is -0.139.